The van der Waals surface area contributed by atoms with E-state index in [0.29, 0.717) is 35.4 Å². The van der Waals surface area contributed by atoms with Gasteiger partial charge < -0.3 is 29.7 Å². The highest BCUT2D eigenvalue weighted by Gasteiger charge is 2.20. The van der Waals surface area contributed by atoms with Gasteiger partial charge in [-0.15, -0.1) is 11.8 Å². The van der Waals surface area contributed by atoms with Crippen molar-refractivity contribution in [3.05, 3.63) is 61.4 Å². The number of thioether (sulfide) groups is 1. The standard InChI is InChI=1S/C31H37F2N7O2S/c1-8-29(41)35-24-16-25(28(42-30(32)33)17-27(24)39(6)14-13-38(4)5)37-31-34-12-11-23(36-31)22-18-40(7)26-15-20(43-19(2)3)9-10-21(22)26/h8-12,15-19,30H,1,13-14H2,2-7H3,(H,35,41)(H,34,36,37). The number of anilines is 4. The Morgan fingerprint density at radius 3 is 2.58 bits per heavy atom. The summed E-state index contributed by atoms with van der Waals surface area (Å²) < 4.78 is 34.0. The summed E-state index contributed by atoms with van der Waals surface area (Å²) in [6.45, 7) is 6.03. The first-order valence-electron chi connectivity index (χ1n) is 13.7. The predicted molar refractivity (Wildman–Crippen MR) is 172 cm³/mol. The molecular formula is C31H37F2N7O2S. The van der Waals surface area contributed by atoms with Gasteiger partial charge in [0.25, 0.3) is 0 Å². The van der Waals surface area contributed by atoms with E-state index in [4.69, 9.17) is 9.72 Å². The van der Waals surface area contributed by atoms with Crippen LogP contribution in [0.1, 0.15) is 13.8 Å². The molecule has 0 aliphatic rings. The number of nitrogens with one attached hydrogen (secondary N) is 2. The molecule has 43 heavy (non-hydrogen) atoms. The predicted octanol–water partition coefficient (Wildman–Crippen LogP) is 6.60. The number of fused-ring (bicyclic) bond motifs is 1. The number of hydrogen-bond acceptors (Lipinski definition) is 8. The SMILES string of the molecule is C=CC(=O)Nc1cc(Nc2nccc(-c3cn(C)c4cc(SC(C)C)ccc34)n2)c(OC(F)F)cc1N(C)CCN(C)C. The molecule has 0 saturated carbocycles. The Morgan fingerprint density at radius 2 is 1.91 bits per heavy atom. The third-order valence-corrected chi connectivity index (χ3v) is 7.56. The van der Waals surface area contributed by atoms with Crippen LogP contribution in [0.15, 0.2) is 66.3 Å². The van der Waals surface area contributed by atoms with Crippen molar-refractivity contribution in [2.75, 3.05) is 49.8 Å². The number of aromatic nitrogens is 3. The van der Waals surface area contributed by atoms with Crippen LogP contribution in [0.25, 0.3) is 22.2 Å². The van der Waals surface area contributed by atoms with Crippen LogP contribution < -0.4 is 20.3 Å². The molecule has 0 radical (unpaired) electrons. The minimum Gasteiger partial charge on any atom is -0.433 e. The van der Waals surface area contributed by atoms with Crippen LogP contribution >= 0.6 is 11.8 Å². The third kappa shape index (κ3) is 8.02. The van der Waals surface area contributed by atoms with Crippen molar-refractivity contribution in [1.29, 1.82) is 0 Å². The topological polar surface area (TPSA) is 87.5 Å². The zero-order valence-electron chi connectivity index (χ0n) is 25.2. The Balaban J connectivity index is 1.73. The van der Waals surface area contributed by atoms with Crippen molar-refractivity contribution in [3.63, 3.8) is 0 Å². The van der Waals surface area contributed by atoms with E-state index in [1.54, 1.807) is 24.0 Å². The number of likely N-dealkylation sites (N-methyl/N-ethyl adjacent to an activating group) is 2. The lowest BCUT2D eigenvalue weighted by molar-refractivity contribution is -0.111. The Hall–Kier alpha value is -4.16. The Kier molecular flexibility index (Phi) is 10.3. The molecule has 2 heterocycles. The Morgan fingerprint density at radius 1 is 1.14 bits per heavy atom. The Bertz CT molecular complexity index is 1610. The molecule has 4 rings (SSSR count). The largest absolute Gasteiger partial charge is 0.433 e. The molecule has 0 saturated heterocycles. The number of nitrogens with zero attached hydrogens (tertiary/aromatic N) is 5. The van der Waals surface area contributed by atoms with Crippen LogP contribution in [0, 0.1) is 0 Å². The van der Waals surface area contributed by atoms with E-state index in [1.165, 1.54) is 17.0 Å². The normalized spacial score (nSPS) is 11.4. The Labute approximate surface area is 254 Å². The van der Waals surface area contributed by atoms with E-state index in [2.05, 4.69) is 58.8 Å². The van der Waals surface area contributed by atoms with Gasteiger partial charge in [-0.25, -0.2) is 9.97 Å². The van der Waals surface area contributed by atoms with E-state index in [9.17, 15) is 13.6 Å². The molecule has 1 amide bonds. The van der Waals surface area contributed by atoms with Crippen molar-refractivity contribution in [2.24, 2.45) is 7.05 Å². The highest BCUT2D eigenvalue weighted by atomic mass is 32.2. The molecule has 0 unspecified atom stereocenters. The first-order valence-corrected chi connectivity index (χ1v) is 14.6. The lowest BCUT2D eigenvalue weighted by Gasteiger charge is -2.26. The number of halogens is 2. The van der Waals surface area contributed by atoms with Gasteiger partial charge in [-0.1, -0.05) is 26.5 Å². The van der Waals surface area contributed by atoms with Gasteiger partial charge in [-0.3, -0.25) is 4.79 Å². The van der Waals surface area contributed by atoms with Crippen molar-refractivity contribution in [3.8, 4) is 17.0 Å². The van der Waals surface area contributed by atoms with Crippen LogP contribution in [-0.4, -0.2) is 71.4 Å². The summed E-state index contributed by atoms with van der Waals surface area (Å²) in [5, 5.41) is 7.29. The first-order chi connectivity index (χ1) is 20.4. The number of benzene rings is 2. The maximum Gasteiger partial charge on any atom is 0.387 e. The highest BCUT2D eigenvalue weighted by Crippen LogP contribution is 2.39. The molecule has 0 spiro atoms. The van der Waals surface area contributed by atoms with Crippen LogP contribution in [-0.2, 0) is 11.8 Å². The van der Waals surface area contributed by atoms with E-state index in [-0.39, 0.29) is 17.4 Å². The lowest BCUT2D eigenvalue weighted by Crippen LogP contribution is -2.29. The molecular weight excluding hydrogens is 572 g/mol. The lowest BCUT2D eigenvalue weighted by atomic mass is 10.1. The molecule has 0 aliphatic carbocycles. The summed E-state index contributed by atoms with van der Waals surface area (Å²) >= 11 is 1.80. The van der Waals surface area contributed by atoms with Crippen LogP contribution in [0.3, 0.4) is 0 Å². The second-order valence-electron chi connectivity index (χ2n) is 10.6. The summed E-state index contributed by atoms with van der Waals surface area (Å²) in [6, 6.07) is 11.1. The average Bonchev–Trinajstić information content (AvgIpc) is 3.28. The molecule has 0 fully saturated rings. The number of ether oxygens (including phenoxy) is 1. The fraction of sp³-hybridized carbons (Fsp3) is 0.323. The van der Waals surface area contributed by atoms with Gasteiger partial charge in [0.15, 0.2) is 5.75 Å². The number of hydrogen-bond donors (Lipinski definition) is 2. The quantitative estimate of drug-likeness (QED) is 0.130. The minimum absolute atomic E-state index is 0.118. The number of aryl methyl sites for hydroxylation is 1. The molecule has 9 nitrogen and oxygen atoms in total. The monoisotopic (exact) mass is 609 g/mol. The highest BCUT2D eigenvalue weighted by molar-refractivity contribution is 7.99. The molecule has 2 N–H and O–H groups in total. The molecule has 2 aromatic carbocycles. The molecule has 0 atom stereocenters. The second-order valence-corrected chi connectivity index (χ2v) is 12.2. The van der Waals surface area contributed by atoms with Crippen molar-refractivity contribution in [1.82, 2.24) is 19.4 Å². The first kappa shape index (κ1) is 31.8. The van der Waals surface area contributed by atoms with Gasteiger partial charge in [0, 0.05) is 72.3 Å². The fourth-order valence-electron chi connectivity index (χ4n) is 4.53. The van der Waals surface area contributed by atoms with Gasteiger partial charge in [-0.2, -0.15) is 8.78 Å². The second kappa shape index (κ2) is 13.9. The van der Waals surface area contributed by atoms with Crippen molar-refractivity contribution < 1.29 is 18.3 Å². The van der Waals surface area contributed by atoms with Gasteiger partial charge >= 0.3 is 6.61 Å². The number of rotatable bonds is 13. The van der Waals surface area contributed by atoms with E-state index < -0.39 is 12.5 Å². The van der Waals surface area contributed by atoms with Gasteiger partial charge in [0.05, 0.1) is 22.8 Å². The smallest absolute Gasteiger partial charge is 0.387 e. The van der Waals surface area contributed by atoms with Gasteiger partial charge in [0.2, 0.25) is 11.9 Å². The van der Waals surface area contributed by atoms with Crippen LogP contribution in [0.2, 0.25) is 0 Å². The summed E-state index contributed by atoms with van der Waals surface area (Å²) in [5.41, 5.74) is 3.68. The summed E-state index contributed by atoms with van der Waals surface area (Å²) in [4.78, 5) is 26.3. The number of amides is 1. The van der Waals surface area contributed by atoms with Crippen LogP contribution in [0.5, 0.6) is 5.75 Å². The zero-order chi connectivity index (χ0) is 31.3. The van der Waals surface area contributed by atoms with E-state index >= 15 is 0 Å². The molecule has 0 bridgehead atoms. The average molecular weight is 610 g/mol. The molecule has 4 aromatic rings. The van der Waals surface area contributed by atoms with E-state index in [1.807, 2.05) is 44.2 Å². The molecule has 2 aromatic heterocycles. The molecule has 12 heteroatoms. The summed E-state index contributed by atoms with van der Waals surface area (Å²) in [6.07, 6.45) is 4.75. The van der Waals surface area contributed by atoms with Crippen molar-refractivity contribution in [2.45, 2.75) is 30.6 Å². The van der Waals surface area contributed by atoms with E-state index in [0.717, 1.165) is 22.5 Å². The van der Waals surface area contributed by atoms with Gasteiger partial charge in [0.1, 0.15) is 0 Å². The summed E-state index contributed by atoms with van der Waals surface area (Å²) in [5.74, 6) is -0.386. The zero-order valence-corrected chi connectivity index (χ0v) is 26.0. The number of alkyl halides is 2. The fourth-order valence-corrected chi connectivity index (χ4v) is 5.40. The van der Waals surface area contributed by atoms with Gasteiger partial charge in [-0.05, 0) is 44.4 Å². The van der Waals surface area contributed by atoms with Crippen molar-refractivity contribution >= 4 is 51.6 Å². The number of carbonyl (C=O) groups excluding carboxylic acids is 1. The number of carbonyl (C=O) groups is 1. The maximum absolute atomic E-state index is 13.5. The molecule has 228 valence electrons. The minimum atomic E-state index is -3.07. The van der Waals surface area contributed by atoms with Crippen LogP contribution in [0.4, 0.5) is 31.8 Å². The summed E-state index contributed by atoms with van der Waals surface area (Å²) in [7, 11) is 7.66. The molecule has 0 aliphatic heterocycles. The maximum atomic E-state index is 13.5. The third-order valence-electron chi connectivity index (χ3n) is 6.56.